The van der Waals surface area contributed by atoms with E-state index in [2.05, 4.69) is 14.7 Å². The molecule has 1 aromatic carbocycles. The number of nitrogens with two attached hydrogens (primary N) is 1. The maximum atomic E-state index is 12.3. The molecule has 0 saturated carbocycles. The zero-order chi connectivity index (χ0) is 14.0. The molecule has 0 unspecified atom stereocenters. The van der Waals surface area contributed by atoms with Gasteiger partial charge in [-0.05, 0) is 5.56 Å². The van der Waals surface area contributed by atoms with E-state index in [1.807, 2.05) is 0 Å². The normalized spacial score (nSPS) is 11.5. The largest absolute Gasteiger partial charge is 0.471 e. The number of hydrogen-bond acceptors (Lipinski definition) is 4. The third kappa shape index (κ3) is 3.09. The highest BCUT2D eigenvalue weighted by molar-refractivity contribution is 5.79. The summed E-state index contributed by atoms with van der Waals surface area (Å²) in [6.07, 6.45) is -4.37. The molecule has 0 saturated heterocycles. The van der Waals surface area contributed by atoms with Crippen LogP contribution in [0.4, 0.5) is 13.2 Å². The maximum Gasteiger partial charge on any atom is 0.471 e. The Morgan fingerprint density at radius 3 is 2.37 bits per heavy atom. The monoisotopic (exact) mass is 270 g/mol. The topological polar surface area (TPSA) is 88.8 Å². The fourth-order valence-electron chi connectivity index (χ4n) is 1.45. The van der Waals surface area contributed by atoms with Crippen LogP contribution in [0.3, 0.4) is 0 Å². The molecule has 2 aromatic rings. The molecule has 0 bridgehead atoms. The highest BCUT2D eigenvalue weighted by Gasteiger charge is 2.38. The van der Waals surface area contributed by atoms with E-state index in [0.29, 0.717) is 5.56 Å². The van der Waals surface area contributed by atoms with Crippen molar-refractivity contribution in [3.05, 3.63) is 35.7 Å². The van der Waals surface area contributed by atoms with Gasteiger partial charge in [0.2, 0.25) is 5.82 Å². The van der Waals surface area contributed by atoms with Crippen LogP contribution < -0.4 is 5.73 Å². The van der Waals surface area contributed by atoms with Crippen LogP contribution in [-0.2, 0) is 12.6 Å². The molecule has 1 aromatic heterocycles. The quantitative estimate of drug-likeness (QED) is 0.661. The number of rotatable bonds is 3. The van der Waals surface area contributed by atoms with Gasteiger partial charge in [-0.15, -0.1) is 0 Å². The van der Waals surface area contributed by atoms with E-state index in [-0.39, 0.29) is 18.1 Å². The van der Waals surface area contributed by atoms with Crippen molar-refractivity contribution in [2.45, 2.75) is 12.6 Å². The number of nitrogens with one attached hydrogen (secondary N) is 1. The molecule has 2 rings (SSSR count). The second kappa shape index (κ2) is 4.71. The fourth-order valence-corrected chi connectivity index (χ4v) is 1.45. The van der Waals surface area contributed by atoms with Crippen LogP contribution in [-0.4, -0.2) is 16.0 Å². The van der Waals surface area contributed by atoms with Crippen molar-refractivity contribution in [2.75, 3.05) is 0 Å². The van der Waals surface area contributed by atoms with Crippen LogP contribution >= 0.6 is 0 Å². The van der Waals surface area contributed by atoms with Crippen LogP contribution in [0.15, 0.2) is 28.8 Å². The molecule has 0 aliphatic heterocycles. The molecule has 8 heteroatoms. The van der Waals surface area contributed by atoms with Crippen molar-refractivity contribution < 1.29 is 17.7 Å². The molecule has 0 fully saturated rings. The van der Waals surface area contributed by atoms with E-state index < -0.39 is 12.1 Å². The Labute approximate surface area is 105 Å². The molecule has 0 aliphatic carbocycles. The predicted molar refractivity (Wildman–Crippen MR) is 60.4 cm³/mol. The second-order valence-corrected chi connectivity index (χ2v) is 3.82. The Hall–Kier alpha value is -2.38. The van der Waals surface area contributed by atoms with E-state index in [1.54, 1.807) is 24.3 Å². The van der Waals surface area contributed by atoms with E-state index >= 15 is 0 Å². The van der Waals surface area contributed by atoms with Crippen LogP contribution in [0.2, 0.25) is 0 Å². The molecular weight excluding hydrogens is 261 g/mol. The average Bonchev–Trinajstić information content (AvgIpc) is 2.78. The van der Waals surface area contributed by atoms with Gasteiger partial charge in [0.15, 0.2) is 0 Å². The number of alkyl halides is 3. The Morgan fingerprint density at radius 1 is 1.26 bits per heavy atom. The summed E-state index contributed by atoms with van der Waals surface area (Å²) in [6, 6.07) is 6.37. The molecule has 0 amide bonds. The SMILES string of the molecule is N=C(N)Cc1ccc(-c2noc(C(F)(F)F)n2)cc1. The number of nitrogens with zero attached hydrogens (tertiary/aromatic N) is 2. The molecule has 100 valence electrons. The first-order chi connectivity index (χ1) is 8.86. The first-order valence-corrected chi connectivity index (χ1v) is 5.19. The van der Waals surface area contributed by atoms with Gasteiger partial charge in [-0.2, -0.15) is 18.2 Å². The molecular formula is C11H9F3N4O. The molecule has 3 N–H and O–H groups in total. The summed E-state index contributed by atoms with van der Waals surface area (Å²) in [5.74, 6) is -1.51. The molecule has 0 radical (unpaired) electrons. The number of benzene rings is 1. The summed E-state index contributed by atoms with van der Waals surface area (Å²) < 4.78 is 41.0. The standard InChI is InChI=1S/C11H9F3N4O/c12-11(13,14)10-17-9(18-19-10)7-3-1-6(2-4-7)5-8(15)16/h1-4H,5H2,(H3,15,16). The van der Waals surface area contributed by atoms with Gasteiger partial charge in [-0.3, -0.25) is 5.41 Å². The van der Waals surface area contributed by atoms with Gasteiger partial charge in [-0.25, -0.2) is 0 Å². The lowest BCUT2D eigenvalue weighted by Crippen LogP contribution is -2.12. The van der Waals surface area contributed by atoms with E-state index in [4.69, 9.17) is 11.1 Å². The number of halogens is 3. The molecule has 0 atom stereocenters. The van der Waals surface area contributed by atoms with Crippen molar-refractivity contribution in [1.82, 2.24) is 10.1 Å². The fraction of sp³-hybridized carbons (Fsp3) is 0.182. The van der Waals surface area contributed by atoms with Crippen LogP contribution in [0.5, 0.6) is 0 Å². The zero-order valence-corrected chi connectivity index (χ0v) is 9.53. The number of aromatic nitrogens is 2. The maximum absolute atomic E-state index is 12.3. The van der Waals surface area contributed by atoms with Crippen molar-refractivity contribution >= 4 is 5.84 Å². The zero-order valence-electron chi connectivity index (χ0n) is 9.53. The Balaban J connectivity index is 2.23. The molecule has 5 nitrogen and oxygen atoms in total. The van der Waals surface area contributed by atoms with Crippen molar-refractivity contribution in [3.8, 4) is 11.4 Å². The third-order valence-corrected chi connectivity index (χ3v) is 2.28. The molecule has 1 heterocycles. The Bertz CT molecular complexity index is 589. The van der Waals surface area contributed by atoms with Crippen LogP contribution in [0.1, 0.15) is 11.5 Å². The smallest absolute Gasteiger partial charge is 0.387 e. The van der Waals surface area contributed by atoms with Gasteiger partial charge in [0, 0.05) is 12.0 Å². The number of amidine groups is 1. The van der Waals surface area contributed by atoms with Gasteiger partial charge in [0.25, 0.3) is 0 Å². The Morgan fingerprint density at radius 2 is 1.89 bits per heavy atom. The van der Waals surface area contributed by atoms with Crippen molar-refractivity contribution in [3.63, 3.8) is 0 Å². The molecule has 0 spiro atoms. The lowest BCUT2D eigenvalue weighted by molar-refractivity contribution is -0.159. The van der Waals surface area contributed by atoms with Crippen molar-refractivity contribution in [2.24, 2.45) is 5.73 Å². The minimum absolute atomic E-state index is 0.00617. The van der Waals surface area contributed by atoms with Crippen LogP contribution in [0.25, 0.3) is 11.4 Å². The van der Waals surface area contributed by atoms with Gasteiger partial charge in [0.05, 0.1) is 5.84 Å². The average molecular weight is 270 g/mol. The lowest BCUT2D eigenvalue weighted by Gasteiger charge is -2.00. The summed E-state index contributed by atoms with van der Waals surface area (Å²) >= 11 is 0. The second-order valence-electron chi connectivity index (χ2n) is 3.82. The van der Waals surface area contributed by atoms with Gasteiger partial charge in [0.1, 0.15) is 0 Å². The predicted octanol–water partition coefficient (Wildman–Crippen LogP) is 2.23. The van der Waals surface area contributed by atoms with E-state index in [0.717, 1.165) is 5.56 Å². The number of hydrogen-bond donors (Lipinski definition) is 2. The van der Waals surface area contributed by atoms with E-state index in [1.165, 1.54) is 0 Å². The van der Waals surface area contributed by atoms with Gasteiger partial charge in [-0.1, -0.05) is 29.4 Å². The summed E-state index contributed by atoms with van der Waals surface area (Å²) in [7, 11) is 0. The summed E-state index contributed by atoms with van der Waals surface area (Å²) in [5, 5.41) is 10.4. The van der Waals surface area contributed by atoms with Gasteiger partial charge >= 0.3 is 12.1 Å². The van der Waals surface area contributed by atoms with E-state index in [9.17, 15) is 13.2 Å². The summed E-state index contributed by atoms with van der Waals surface area (Å²) in [4.78, 5) is 3.27. The third-order valence-electron chi connectivity index (χ3n) is 2.28. The van der Waals surface area contributed by atoms with Crippen LogP contribution in [0, 0.1) is 5.41 Å². The minimum atomic E-state index is -4.65. The summed E-state index contributed by atoms with van der Waals surface area (Å²) in [5.41, 5.74) is 6.41. The van der Waals surface area contributed by atoms with Crippen molar-refractivity contribution in [1.29, 1.82) is 5.41 Å². The first kappa shape index (κ1) is 13.1. The highest BCUT2D eigenvalue weighted by atomic mass is 19.4. The highest BCUT2D eigenvalue weighted by Crippen LogP contribution is 2.29. The van der Waals surface area contributed by atoms with Gasteiger partial charge < -0.3 is 10.3 Å². The lowest BCUT2D eigenvalue weighted by atomic mass is 10.1. The Kier molecular flexibility index (Phi) is 3.24. The minimum Gasteiger partial charge on any atom is -0.387 e. The molecule has 0 aliphatic rings. The molecule has 19 heavy (non-hydrogen) atoms. The first-order valence-electron chi connectivity index (χ1n) is 5.19. The summed E-state index contributed by atoms with van der Waals surface area (Å²) in [6.45, 7) is 0.